The van der Waals surface area contributed by atoms with Gasteiger partial charge in [0.05, 0.1) is 0 Å². The van der Waals surface area contributed by atoms with Crippen molar-refractivity contribution in [3.63, 3.8) is 0 Å². The first kappa shape index (κ1) is 20.9. The number of amides is 2. The molecule has 30 heavy (non-hydrogen) atoms. The molecule has 6 heteroatoms. The van der Waals surface area contributed by atoms with Gasteiger partial charge in [-0.15, -0.1) is 0 Å². The van der Waals surface area contributed by atoms with Crippen molar-refractivity contribution in [2.45, 2.75) is 51.0 Å². The van der Waals surface area contributed by atoms with Crippen molar-refractivity contribution in [2.24, 2.45) is 23.2 Å². The Morgan fingerprint density at radius 2 is 1.60 bits per heavy atom. The number of hydrogen-bond donors (Lipinski definition) is 1. The minimum atomic E-state index is -1.01. The fourth-order valence-corrected chi connectivity index (χ4v) is 6.38. The van der Waals surface area contributed by atoms with Crippen molar-refractivity contribution in [3.8, 4) is 0 Å². The molecule has 162 valence electrons. The number of benzene rings is 1. The summed E-state index contributed by atoms with van der Waals surface area (Å²) >= 11 is 0. The van der Waals surface area contributed by atoms with Gasteiger partial charge in [0.1, 0.15) is 6.54 Å². The normalized spacial score (nSPS) is 29.9. The first-order chi connectivity index (χ1) is 14.3. The van der Waals surface area contributed by atoms with Crippen LogP contribution in [0.4, 0.5) is 0 Å². The molecule has 4 aliphatic rings. The minimum absolute atomic E-state index is 0.0795. The zero-order valence-electron chi connectivity index (χ0n) is 17.9. The quantitative estimate of drug-likeness (QED) is 0.699. The van der Waals surface area contributed by atoms with Crippen LogP contribution in [0.25, 0.3) is 0 Å². The van der Waals surface area contributed by atoms with E-state index in [1.807, 2.05) is 6.07 Å². The summed E-state index contributed by atoms with van der Waals surface area (Å²) in [6.45, 7) is -0.213. The molecule has 6 nitrogen and oxygen atoms in total. The number of rotatable bonds is 7. The molecule has 1 atom stereocenters. The van der Waals surface area contributed by atoms with E-state index in [4.69, 9.17) is 4.74 Å². The van der Waals surface area contributed by atoms with Gasteiger partial charge < -0.3 is 15.0 Å². The molecule has 4 aliphatic carbocycles. The van der Waals surface area contributed by atoms with Crippen LogP contribution in [-0.2, 0) is 19.1 Å². The number of nitrogens with one attached hydrogen (secondary N) is 1. The molecule has 0 aliphatic heterocycles. The maximum absolute atomic E-state index is 12.6. The Bertz CT molecular complexity index is 769. The minimum Gasteiger partial charge on any atom is -0.446 e. The zero-order chi connectivity index (χ0) is 21.3. The van der Waals surface area contributed by atoms with Crippen LogP contribution in [0.15, 0.2) is 30.3 Å². The topological polar surface area (TPSA) is 75.7 Å². The van der Waals surface area contributed by atoms with Crippen LogP contribution in [0.2, 0.25) is 0 Å². The van der Waals surface area contributed by atoms with E-state index in [2.05, 4.69) is 5.32 Å². The van der Waals surface area contributed by atoms with Gasteiger partial charge in [-0.1, -0.05) is 30.3 Å². The van der Waals surface area contributed by atoms with Gasteiger partial charge >= 0.3 is 5.97 Å². The molecule has 0 radical (unpaired) electrons. The van der Waals surface area contributed by atoms with E-state index in [-0.39, 0.29) is 23.8 Å². The van der Waals surface area contributed by atoms with Gasteiger partial charge in [0.25, 0.3) is 5.91 Å². The number of likely N-dealkylation sites (N-methyl/N-ethyl adjacent to an activating group) is 1. The monoisotopic (exact) mass is 412 g/mol. The molecule has 0 aromatic heterocycles. The van der Waals surface area contributed by atoms with Crippen LogP contribution in [0, 0.1) is 23.2 Å². The average molecular weight is 413 g/mol. The Hall–Kier alpha value is -2.37. The van der Waals surface area contributed by atoms with E-state index < -0.39 is 12.1 Å². The molecule has 1 aromatic rings. The lowest BCUT2D eigenvalue weighted by molar-refractivity contribution is -0.159. The molecule has 4 fully saturated rings. The third-order valence-corrected chi connectivity index (χ3v) is 7.15. The highest BCUT2D eigenvalue weighted by Crippen LogP contribution is 2.61. The van der Waals surface area contributed by atoms with Gasteiger partial charge in [0.2, 0.25) is 12.0 Å². The third-order valence-electron chi connectivity index (χ3n) is 7.15. The number of ether oxygens (including phenoxy) is 1. The van der Waals surface area contributed by atoms with Gasteiger partial charge in [-0.05, 0) is 61.7 Å². The van der Waals surface area contributed by atoms with Crippen LogP contribution in [0.1, 0.15) is 56.6 Å². The van der Waals surface area contributed by atoms with Gasteiger partial charge in [-0.3, -0.25) is 14.4 Å². The molecule has 1 N–H and O–H groups in total. The SMILES string of the molecule is CN(C)C(=O)[C@H](OC(=O)CNC(=O)CC12CC3CC(CC(C3)C1)C2)c1ccccc1. The molecular formula is C24H32N2O4. The van der Waals surface area contributed by atoms with E-state index in [9.17, 15) is 14.4 Å². The molecule has 2 amide bonds. The highest BCUT2D eigenvalue weighted by atomic mass is 16.5. The Morgan fingerprint density at radius 3 is 2.13 bits per heavy atom. The van der Waals surface area contributed by atoms with Crippen molar-refractivity contribution < 1.29 is 19.1 Å². The maximum atomic E-state index is 12.6. The van der Waals surface area contributed by atoms with E-state index >= 15 is 0 Å². The second kappa shape index (κ2) is 8.40. The molecule has 0 spiro atoms. The summed E-state index contributed by atoms with van der Waals surface area (Å²) in [5.41, 5.74) is 0.750. The predicted molar refractivity (Wildman–Crippen MR) is 112 cm³/mol. The second-order valence-electron chi connectivity index (χ2n) is 9.88. The maximum Gasteiger partial charge on any atom is 0.326 e. The molecule has 4 saturated carbocycles. The summed E-state index contributed by atoms with van der Waals surface area (Å²) in [5.74, 6) is 1.38. The average Bonchev–Trinajstić information content (AvgIpc) is 2.69. The lowest BCUT2D eigenvalue weighted by Crippen LogP contribution is -2.48. The first-order valence-electron chi connectivity index (χ1n) is 11.1. The number of hydrogen-bond acceptors (Lipinski definition) is 4. The number of carbonyl (C=O) groups is 3. The van der Waals surface area contributed by atoms with Crippen molar-refractivity contribution in [2.75, 3.05) is 20.6 Å². The van der Waals surface area contributed by atoms with Crippen LogP contribution in [0.3, 0.4) is 0 Å². The Labute approximate surface area is 178 Å². The lowest BCUT2D eigenvalue weighted by Gasteiger charge is -2.56. The van der Waals surface area contributed by atoms with Crippen molar-refractivity contribution >= 4 is 17.8 Å². The van der Waals surface area contributed by atoms with E-state index in [0.29, 0.717) is 12.0 Å². The fraction of sp³-hybridized carbons (Fsp3) is 0.625. The van der Waals surface area contributed by atoms with Gasteiger partial charge in [0.15, 0.2) is 0 Å². The standard InChI is InChI=1S/C24H32N2O4/c1-26(2)23(29)22(19-6-4-3-5-7-19)30-21(28)15-25-20(27)14-24-11-16-8-17(12-24)10-18(9-16)13-24/h3-7,16-18,22H,8-15H2,1-2H3,(H,25,27)/t16?,17?,18?,22-,24?/m1/s1. The van der Waals surface area contributed by atoms with Crippen molar-refractivity contribution in [1.82, 2.24) is 10.2 Å². The smallest absolute Gasteiger partial charge is 0.326 e. The molecule has 1 aromatic carbocycles. The van der Waals surface area contributed by atoms with Crippen molar-refractivity contribution in [3.05, 3.63) is 35.9 Å². The van der Waals surface area contributed by atoms with Crippen LogP contribution >= 0.6 is 0 Å². The van der Waals surface area contributed by atoms with Crippen molar-refractivity contribution in [1.29, 1.82) is 0 Å². The molecular weight excluding hydrogens is 380 g/mol. The second-order valence-corrected chi connectivity index (χ2v) is 9.88. The Morgan fingerprint density at radius 1 is 1.03 bits per heavy atom. The van der Waals surface area contributed by atoms with Gasteiger partial charge in [-0.25, -0.2) is 0 Å². The summed E-state index contributed by atoms with van der Waals surface area (Å²) in [5, 5.41) is 2.74. The molecule has 4 bridgehead atoms. The summed E-state index contributed by atoms with van der Waals surface area (Å²) < 4.78 is 5.46. The van der Waals surface area contributed by atoms with Crippen LogP contribution in [0.5, 0.6) is 0 Å². The highest BCUT2D eigenvalue weighted by Gasteiger charge is 2.51. The Balaban J connectivity index is 1.31. The molecule has 0 heterocycles. The molecule has 5 rings (SSSR count). The molecule has 0 unspecified atom stereocenters. The highest BCUT2D eigenvalue weighted by molar-refractivity contribution is 5.86. The summed E-state index contributed by atoms with van der Waals surface area (Å²) in [4.78, 5) is 38.9. The summed E-state index contributed by atoms with van der Waals surface area (Å²) in [6, 6.07) is 8.95. The van der Waals surface area contributed by atoms with Gasteiger partial charge in [-0.2, -0.15) is 0 Å². The van der Waals surface area contributed by atoms with E-state index in [1.165, 1.54) is 24.2 Å². The van der Waals surface area contributed by atoms with Crippen LogP contribution < -0.4 is 5.32 Å². The van der Waals surface area contributed by atoms with Gasteiger partial charge in [0, 0.05) is 26.1 Å². The van der Waals surface area contributed by atoms with E-state index in [0.717, 1.165) is 37.0 Å². The fourth-order valence-electron chi connectivity index (χ4n) is 6.38. The summed E-state index contributed by atoms with van der Waals surface area (Å²) in [6.07, 6.45) is 6.99. The third kappa shape index (κ3) is 4.52. The first-order valence-corrected chi connectivity index (χ1v) is 11.1. The number of carbonyl (C=O) groups excluding carboxylic acids is 3. The number of esters is 1. The van der Waals surface area contributed by atoms with E-state index in [1.54, 1.807) is 38.4 Å². The number of nitrogens with zero attached hydrogens (tertiary/aromatic N) is 1. The lowest BCUT2D eigenvalue weighted by atomic mass is 9.49. The Kier molecular flexibility index (Phi) is 5.85. The molecule has 0 saturated heterocycles. The summed E-state index contributed by atoms with van der Waals surface area (Å²) in [7, 11) is 3.25. The zero-order valence-corrected chi connectivity index (χ0v) is 17.9. The predicted octanol–water partition coefficient (Wildman–Crippen LogP) is 3.08. The largest absolute Gasteiger partial charge is 0.446 e. The van der Waals surface area contributed by atoms with Crippen LogP contribution in [-0.4, -0.2) is 43.3 Å².